The number of H-pyrrole nitrogens is 1. The van der Waals surface area contributed by atoms with Crippen molar-refractivity contribution in [1.82, 2.24) is 15.2 Å². The Bertz CT molecular complexity index is 457. The molecule has 1 N–H and O–H groups in total. The molecule has 1 aromatic carbocycles. The van der Waals surface area contributed by atoms with Crippen LogP contribution in [0.4, 0.5) is 0 Å². The molecule has 2 rings (SSSR count). The Morgan fingerprint density at radius 3 is 2.53 bits per heavy atom. The van der Waals surface area contributed by atoms with Crippen LogP contribution in [-0.2, 0) is 0 Å². The van der Waals surface area contributed by atoms with Gasteiger partial charge in [-0.2, -0.15) is 5.10 Å². The zero-order chi connectivity index (χ0) is 10.8. The monoisotopic (exact) mass is 201 g/mol. The molecule has 0 radical (unpaired) electrons. The molecule has 3 nitrogen and oxygen atoms in total. The second-order valence-electron chi connectivity index (χ2n) is 4.01. The van der Waals surface area contributed by atoms with Gasteiger partial charge >= 0.3 is 0 Å². The number of aryl methyl sites for hydroxylation is 1. The average molecular weight is 201 g/mol. The predicted molar refractivity (Wildman–Crippen MR) is 60.6 cm³/mol. The lowest BCUT2D eigenvalue weighted by molar-refractivity contribution is 0.781. The van der Waals surface area contributed by atoms with E-state index in [4.69, 9.17) is 0 Å². The van der Waals surface area contributed by atoms with Gasteiger partial charge in [0.1, 0.15) is 5.82 Å². The summed E-state index contributed by atoms with van der Waals surface area (Å²) < 4.78 is 0. The zero-order valence-electron chi connectivity index (χ0n) is 9.28. The molecule has 0 atom stereocenters. The maximum Gasteiger partial charge on any atom is 0.181 e. The molecule has 0 unspecified atom stereocenters. The van der Waals surface area contributed by atoms with Crippen LogP contribution in [-0.4, -0.2) is 15.2 Å². The zero-order valence-corrected chi connectivity index (χ0v) is 9.28. The normalized spacial score (nSPS) is 10.9. The first-order valence-corrected chi connectivity index (χ1v) is 5.17. The van der Waals surface area contributed by atoms with E-state index < -0.39 is 0 Å². The molecular formula is C12H15N3. The summed E-state index contributed by atoms with van der Waals surface area (Å²) in [5.41, 5.74) is 2.30. The summed E-state index contributed by atoms with van der Waals surface area (Å²) in [5, 5.41) is 7.20. The van der Waals surface area contributed by atoms with Crippen LogP contribution in [0.15, 0.2) is 24.3 Å². The van der Waals surface area contributed by atoms with E-state index in [9.17, 15) is 0 Å². The molecule has 0 amide bonds. The molecule has 0 aliphatic carbocycles. The molecule has 1 heterocycles. The molecule has 78 valence electrons. The molecule has 1 aromatic heterocycles. The van der Waals surface area contributed by atoms with Gasteiger partial charge in [-0.05, 0) is 12.5 Å². The van der Waals surface area contributed by atoms with Crippen molar-refractivity contribution in [1.29, 1.82) is 0 Å². The maximum absolute atomic E-state index is 4.47. The Kier molecular flexibility index (Phi) is 2.54. The van der Waals surface area contributed by atoms with E-state index >= 15 is 0 Å². The van der Waals surface area contributed by atoms with E-state index in [0.717, 1.165) is 17.2 Å². The highest BCUT2D eigenvalue weighted by Crippen LogP contribution is 2.20. The largest absolute Gasteiger partial charge is 0.262 e. The summed E-state index contributed by atoms with van der Waals surface area (Å²) in [4.78, 5) is 4.47. The van der Waals surface area contributed by atoms with Crippen molar-refractivity contribution in [2.75, 3.05) is 0 Å². The van der Waals surface area contributed by atoms with Crippen molar-refractivity contribution in [2.45, 2.75) is 26.7 Å². The second-order valence-corrected chi connectivity index (χ2v) is 4.01. The SMILES string of the molecule is Cc1ccccc1-c1n[nH]c(C(C)C)n1. The highest BCUT2D eigenvalue weighted by atomic mass is 15.2. The Morgan fingerprint density at radius 1 is 1.20 bits per heavy atom. The van der Waals surface area contributed by atoms with Crippen molar-refractivity contribution in [2.24, 2.45) is 0 Å². The molecule has 0 aliphatic rings. The van der Waals surface area contributed by atoms with Crippen LogP contribution in [0.25, 0.3) is 11.4 Å². The van der Waals surface area contributed by atoms with Crippen molar-refractivity contribution in [3.63, 3.8) is 0 Å². The lowest BCUT2D eigenvalue weighted by Gasteiger charge is -1.99. The Morgan fingerprint density at radius 2 is 1.93 bits per heavy atom. The Balaban J connectivity index is 2.42. The minimum absolute atomic E-state index is 0.385. The van der Waals surface area contributed by atoms with Crippen LogP contribution in [0.3, 0.4) is 0 Å². The number of hydrogen-bond acceptors (Lipinski definition) is 2. The molecular weight excluding hydrogens is 186 g/mol. The minimum Gasteiger partial charge on any atom is -0.262 e. The lowest BCUT2D eigenvalue weighted by atomic mass is 10.1. The number of aromatic amines is 1. The van der Waals surface area contributed by atoms with Gasteiger partial charge in [0.15, 0.2) is 5.82 Å². The minimum atomic E-state index is 0.385. The summed E-state index contributed by atoms with van der Waals surface area (Å²) in [6.07, 6.45) is 0. The van der Waals surface area contributed by atoms with Gasteiger partial charge in [0, 0.05) is 11.5 Å². The molecule has 0 bridgehead atoms. The third-order valence-electron chi connectivity index (χ3n) is 2.44. The van der Waals surface area contributed by atoms with Gasteiger partial charge < -0.3 is 0 Å². The van der Waals surface area contributed by atoms with Crippen molar-refractivity contribution in [3.05, 3.63) is 35.7 Å². The summed E-state index contributed by atoms with van der Waals surface area (Å²) in [5.74, 6) is 2.11. The molecule has 0 saturated carbocycles. The van der Waals surface area contributed by atoms with E-state index in [1.54, 1.807) is 0 Å². The van der Waals surface area contributed by atoms with Crippen LogP contribution < -0.4 is 0 Å². The van der Waals surface area contributed by atoms with Crippen LogP contribution in [0.5, 0.6) is 0 Å². The first-order chi connectivity index (χ1) is 7.18. The van der Waals surface area contributed by atoms with E-state index in [0.29, 0.717) is 5.92 Å². The standard InChI is InChI=1S/C12H15N3/c1-8(2)11-13-12(15-14-11)10-7-5-4-6-9(10)3/h4-8H,1-3H3,(H,13,14,15). The smallest absolute Gasteiger partial charge is 0.181 e. The number of rotatable bonds is 2. The fourth-order valence-electron chi connectivity index (χ4n) is 1.48. The summed E-state index contributed by atoms with van der Waals surface area (Å²) in [7, 11) is 0. The Hall–Kier alpha value is -1.64. The third kappa shape index (κ3) is 1.91. The van der Waals surface area contributed by atoms with Crippen LogP contribution in [0.2, 0.25) is 0 Å². The quantitative estimate of drug-likeness (QED) is 0.811. The van der Waals surface area contributed by atoms with Gasteiger partial charge in [0.05, 0.1) is 0 Å². The van der Waals surface area contributed by atoms with Crippen LogP contribution >= 0.6 is 0 Å². The number of hydrogen-bond donors (Lipinski definition) is 1. The molecule has 0 saturated heterocycles. The molecule has 0 aliphatic heterocycles. The van der Waals surface area contributed by atoms with Crippen molar-refractivity contribution >= 4 is 0 Å². The van der Waals surface area contributed by atoms with E-state index in [-0.39, 0.29) is 0 Å². The summed E-state index contributed by atoms with van der Waals surface area (Å²) in [6, 6.07) is 8.14. The third-order valence-corrected chi connectivity index (χ3v) is 2.44. The first kappa shape index (κ1) is 9.90. The Labute approximate surface area is 89.6 Å². The fourth-order valence-corrected chi connectivity index (χ4v) is 1.48. The second kappa shape index (κ2) is 3.85. The van der Waals surface area contributed by atoms with Crippen LogP contribution in [0.1, 0.15) is 31.2 Å². The number of nitrogens with one attached hydrogen (secondary N) is 1. The van der Waals surface area contributed by atoms with Gasteiger partial charge in [-0.3, -0.25) is 5.10 Å². The van der Waals surface area contributed by atoms with E-state index in [1.807, 2.05) is 18.2 Å². The predicted octanol–water partition coefficient (Wildman–Crippen LogP) is 2.90. The van der Waals surface area contributed by atoms with E-state index in [2.05, 4.69) is 42.0 Å². The van der Waals surface area contributed by atoms with Gasteiger partial charge in [0.25, 0.3) is 0 Å². The maximum atomic E-state index is 4.47. The van der Waals surface area contributed by atoms with Gasteiger partial charge in [-0.25, -0.2) is 4.98 Å². The summed E-state index contributed by atoms with van der Waals surface area (Å²) in [6.45, 7) is 6.27. The van der Waals surface area contributed by atoms with Crippen molar-refractivity contribution < 1.29 is 0 Å². The van der Waals surface area contributed by atoms with Crippen molar-refractivity contribution in [3.8, 4) is 11.4 Å². The van der Waals surface area contributed by atoms with Gasteiger partial charge in [0.2, 0.25) is 0 Å². The number of benzene rings is 1. The molecule has 15 heavy (non-hydrogen) atoms. The van der Waals surface area contributed by atoms with Gasteiger partial charge in [-0.15, -0.1) is 0 Å². The average Bonchev–Trinajstić information content (AvgIpc) is 2.67. The summed E-state index contributed by atoms with van der Waals surface area (Å²) >= 11 is 0. The van der Waals surface area contributed by atoms with Crippen LogP contribution in [0, 0.1) is 6.92 Å². The highest BCUT2D eigenvalue weighted by molar-refractivity contribution is 5.59. The topological polar surface area (TPSA) is 41.6 Å². The molecule has 0 fully saturated rings. The molecule has 2 aromatic rings. The van der Waals surface area contributed by atoms with Gasteiger partial charge in [-0.1, -0.05) is 38.1 Å². The molecule has 3 heteroatoms. The fraction of sp³-hybridized carbons (Fsp3) is 0.333. The lowest BCUT2D eigenvalue weighted by Crippen LogP contribution is -1.89. The first-order valence-electron chi connectivity index (χ1n) is 5.17. The number of nitrogens with zero attached hydrogens (tertiary/aromatic N) is 2. The highest BCUT2D eigenvalue weighted by Gasteiger charge is 2.09. The van der Waals surface area contributed by atoms with E-state index in [1.165, 1.54) is 5.56 Å². The number of aromatic nitrogens is 3. The molecule has 0 spiro atoms.